The predicted octanol–water partition coefficient (Wildman–Crippen LogP) is 14.8. The molecule has 0 aliphatic rings. The summed E-state index contributed by atoms with van der Waals surface area (Å²) in [5, 5.41) is 0. The SMILES string of the molecule is Cc1cc(OCCC(C)CCCC(C)C)c(C)cc1OCCC(C)CCCC(C)C.Cc1cccc(N(c2ccccc2)c2cc(C)ccc2C)c1. The predicted molar refractivity (Wildman–Crippen MR) is 227 cm³/mol. The van der Waals surface area contributed by atoms with E-state index in [2.05, 4.69) is 166 Å². The molecule has 0 aliphatic heterocycles. The van der Waals surface area contributed by atoms with E-state index < -0.39 is 0 Å². The van der Waals surface area contributed by atoms with Gasteiger partial charge in [0.2, 0.25) is 0 Å². The molecule has 0 fully saturated rings. The number of hydrogen-bond acceptors (Lipinski definition) is 3. The summed E-state index contributed by atoms with van der Waals surface area (Å²) in [6.07, 6.45) is 10.2. The molecule has 2 unspecified atom stereocenters. The third-order valence-corrected chi connectivity index (χ3v) is 10.0. The van der Waals surface area contributed by atoms with Gasteiger partial charge in [-0.3, -0.25) is 0 Å². The van der Waals surface area contributed by atoms with Gasteiger partial charge in [0.25, 0.3) is 0 Å². The first-order chi connectivity index (χ1) is 24.8. The monoisotopic (exact) mass is 706 g/mol. The Labute approximate surface area is 319 Å². The molecular formula is C49H71NO2. The van der Waals surface area contributed by atoms with E-state index in [-0.39, 0.29) is 0 Å². The molecule has 3 heteroatoms. The van der Waals surface area contributed by atoms with E-state index in [1.54, 1.807) is 0 Å². The molecule has 0 radical (unpaired) electrons. The Morgan fingerprint density at radius 1 is 0.462 bits per heavy atom. The molecule has 4 aromatic rings. The number of nitrogens with zero attached hydrogens (tertiary/aromatic N) is 1. The highest BCUT2D eigenvalue weighted by Crippen LogP contribution is 2.37. The van der Waals surface area contributed by atoms with Crippen LogP contribution in [-0.4, -0.2) is 13.2 Å². The minimum absolute atomic E-state index is 0.732. The van der Waals surface area contributed by atoms with Crippen molar-refractivity contribution in [2.45, 2.75) is 128 Å². The number of anilines is 3. The molecule has 4 rings (SSSR count). The fourth-order valence-corrected chi connectivity index (χ4v) is 6.58. The highest BCUT2D eigenvalue weighted by atomic mass is 16.5. The standard InChI is InChI=1S/C28H50O2.C21H21N/c1-21(2)11-9-13-23(5)15-17-29-27-19-26(8)28(20-25(27)7)30-18-16-24(6)14-10-12-22(3)4;1-16-8-7-11-20(14-16)22(19-9-5-4-6-10-19)21-15-17(2)12-13-18(21)3/h19-24H,9-18H2,1-8H3;4-15H,1-3H3. The zero-order valence-electron chi connectivity index (χ0n) is 34.7. The summed E-state index contributed by atoms with van der Waals surface area (Å²) >= 11 is 0. The quantitative estimate of drug-likeness (QED) is 0.0969. The minimum atomic E-state index is 0.732. The Bertz CT molecular complexity index is 1540. The lowest BCUT2D eigenvalue weighted by atomic mass is 9.97. The van der Waals surface area contributed by atoms with E-state index in [4.69, 9.17) is 9.47 Å². The van der Waals surface area contributed by atoms with Crippen LogP contribution < -0.4 is 14.4 Å². The average Bonchev–Trinajstić information content (AvgIpc) is 3.09. The molecule has 0 heterocycles. The average molecular weight is 706 g/mol. The zero-order chi connectivity index (χ0) is 38.0. The van der Waals surface area contributed by atoms with E-state index in [1.807, 2.05) is 0 Å². The summed E-state index contributed by atoms with van der Waals surface area (Å²) in [7, 11) is 0. The first-order valence-corrected chi connectivity index (χ1v) is 20.2. The van der Waals surface area contributed by atoms with Gasteiger partial charge in [-0.15, -0.1) is 0 Å². The van der Waals surface area contributed by atoms with Crippen LogP contribution in [0.15, 0.2) is 84.9 Å². The van der Waals surface area contributed by atoms with Crippen LogP contribution in [0.25, 0.3) is 0 Å². The second-order valence-electron chi connectivity index (χ2n) is 16.3. The molecule has 0 saturated heterocycles. The van der Waals surface area contributed by atoms with E-state index in [9.17, 15) is 0 Å². The van der Waals surface area contributed by atoms with Crippen molar-refractivity contribution in [1.29, 1.82) is 0 Å². The van der Waals surface area contributed by atoms with Crippen molar-refractivity contribution >= 4 is 17.1 Å². The van der Waals surface area contributed by atoms with Crippen molar-refractivity contribution in [3.63, 3.8) is 0 Å². The van der Waals surface area contributed by atoms with Crippen molar-refractivity contribution in [3.8, 4) is 11.5 Å². The molecular weight excluding hydrogens is 635 g/mol. The van der Waals surface area contributed by atoms with Crippen LogP contribution in [0.5, 0.6) is 11.5 Å². The van der Waals surface area contributed by atoms with Gasteiger partial charge in [0, 0.05) is 17.1 Å². The minimum Gasteiger partial charge on any atom is -0.493 e. The van der Waals surface area contributed by atoms with E-state index in [0.717, 1.165) is 61.2 Å². The summed E-state index contributed by atoms with van der Waals surface area (Å²) in [5.41, 5.74) is 9.77. The molecule has 52 heavy (non-hydrogen) atoms. The first-order valence-electron chi connectivity index (χ1n) is 20.2. The molecule has 0 amide bonds. The smallest absolute Gasteiger partial charge is 0.122 e. The van der Waals surface area contributed by atoms with Gasteiger partial charge in [-0.1, -0.05) is 123 Å². The summed E-state index contributed by atoms with van der Waals surface area (Å²) in [6, 6.07) is 30.1. The second-order valence-corrected chi connectivity index (χ2v) is 16.3. The van der Waals surface area contributed by atoms with Crippen molar-refractivity contribution in [2.24, 2.45) is 23.7 Å². The van der Waals surface area contributed by atoms with Gasteiger partial charge in [-0.25, -0.2) is 0 Å². The maximum absolute atomic E-state index is 6.12. The molecule has 0 aromatic heterocycles. The third kappa shape index (κ3) is 15.1. The van der Waals surface area contributed by atoms with Crippen LogP contribution in [-0.2, 0) is 0 Å². The Balaban J connectivity index is 0.000000292. The van der Waals surface area contributed by atoms with Gasteiger partial charge in [-0.2, -0.15) is 0 Å². The number of hydrogen-bond donors (Lipinski definition) is 0. The lowest BCUT2D eigenvalue weighted by molar-refractivity contribution is 0.267. The van der Waals surface area contributed by atoms with Crippen LogP contribution in [0.3, 0.4) is 0 Å². The van der Waals surface area contributed by atoms with E-state index in [0.29, 0.717) is 0 Å². The summed E-state index contributed by atoms with van der Waals surface area (Å²) in [5.74, 6) is 5.11. The summed E-state index contributed by atoms with van der Waals surface area (Å²) in [4.78, 5) is 2.33. The molecule has 4 aromatic carbocycles. The normalized spacial score (nSPS) is 12.3. The highest BCUT2D eigenvalue weighted by molar-refractivity contribution is 5.78. The number of para-hydroxylation sites is 1. The van der Waals surface area contributed by atoms with E-state index >= 15 is 0 Å². The van der Waals surface area contributed by atoms with Crippen molar-refractivity contribution in [2.75, 3.05) is 18.1 Å². The molecule has 0 saturated carbocycles. The zero-order valence-corrected chi connectivity index (χ0v) is 34.7. The summed E-state index contributed by atoms with van der Waals surface area (Å²) in [6.45, 7) is 26.2. The molecule has 0 N–H and O–H groups in total. The topological polar surface area (TPSA) is 21.7 Å². The number of ether oxygens (including phenoxy) is 2. The lowest BCUT2D eigenvalue weighted by Crippen LogP contribution is -2.11. The van der Waals surface area contributed by atoms with Gasteiger partial charge >= 0.3 is 0 Å². The first kappa shape index (κ1) is 42.7. The van der Waals surface area contributed by atoms with Crippen LogP contribution in [0.2, 0.25) is 0 Å². The molecule has 0 aliphatic carbocycles. The fraction of sp³-hybridized carbons (Fsp3) is 0.510. The Kier molecular flexibility index (Phi) is 18.4. The highest BCUT2D eigenvalue weighted by Gasteiger charge is 2.15. The van der Waals surface area contributed by atoms with Gasteiger partial charge in [-0.05, 0) is 141 Å². The number of rotatable bonds is 19. The molecule has 284 valence electrons. The largest absolute Gasteiger partial charge is 0.493 e. The molecule has 3 nitrogen and oxygen atoms in total. The van der Waals surface area contributed by atoms with Crippen LogP contribution >= 0.6 is 0 Å². The third-order valence-electron chi connectivity index (χ3n) is 10.0. The fourth-order valence-electron chi connectivity index (χ4n) is 6.58. The summed E-state index contributed by atoms with van der Waals surface area (Å²) < 4.78 is 12.2. The van der Waals surface area contributed by atoms with Gasteiger partial charge in [0.05, 0.1) is 13.2 Å². The van der Waals surface area contributed by atoms with E-state index in [1.165, 1.54) is 83.4 Å². The van der Waals surface area contributed by atoms with Gasteiger partial charge < -0.3 is 14.4 Å². The molecule has 2 atom stereocenters. The Morgan fingerprint density at radius 2 is 0.962 bits per heavy atom. The lowest BCUT2D eigenvalue weighted by Gasteiger charge is -2.27. The molecule has 0 bridgehead atoms. The number of aryl methyl sites for hydroxylation is 5. The number of benzene rings is 4. The van der Waals surface area contributed by atoms with Crippen molar-refractivity contribution < 1.29 is 9.47 Å². The van der Waals surface area contributed by atoms with Crippen LogP contribution in [0.1, 0.15) is 121 Å². The van der Waals surface area contributed by atoms with Gasteiger partial charge in [0.15, 0.2) is 0 Å². The molecule has 0 spiro atoms. The Hall–Kier alpha value is -3.72. The van der Waals surface area contributed by atoms with Crippen LogP contribution in [0, 0.1) is 58.3 Å². The van der Waals surface area contributed by atoms with Gasteiger partial charge in [0.1, 0.15) is 11.5 Å². The van der Waals surface area contributed by atoms with Crippen LogP contribution in [0.4, 0.5) is 17.1 Å². The maximum atomic E-state index is 6.12. The Morgan fingerprint density at radius 3 is 1.46 bits per heavy atom. The van der Waals surface area contributed by atoms with Crippen molar-refractivity contribution in [1.82, 2.24) is 0 Å². The van der Waals surface area contributed by atoms with Crippen molar-refractivity contribution in [3.05, 3.63) is 113 Å². The second kappa shape index (κ2) is 22.4. The maximum Gasteiger partial charge on any atom is 0.122 e.